The minimum atomic E-state index is -3.33. The third-order valence-electron chi connectivity index (χ3n) is 2.35. The molecule has 100 valence electrons. The zero-order valence-corrected chi connectivity index (χ0v) is 11.3. The van der Waals surface area contributed by atoms with Gasteiger partial charge in [-0.1, -0.05) is 19.9 Å². The Morgan fingerprint density at radius 3 is 2.39 bits per heavy atom. The maximum absolute atomic E-state index is 11.4. The van der Waals surface area contributed by atoms with Crippen LogP contribution in [0.15, 0.2) is 29.2 Å². The SMILES string of the molecule is CC(C)C(Oc1cccc(S(C)(=O)=O)c1)C(=O)O. The molecule has 1 N–H and O–H groups in total. The number of carboxylic acid groups (broad SMARTS) is 1. The Hall–Kier alpha value is -1.56. The van der Waals surface area contributed by atoms with Crippen molar-refractivity contribution in [3.8, 4) is 5.75 Å². The zero-order valence-electron chi connectivity index (χ0n) is 10.5. The molecule has 0 aromatic heterocycles. The van der Waals surface area contributed by atoms with Crippen LogP contribution in [0.2, 0.25) is 0 Å². The molecule has 0 saturated heterocycles. The highest BCUT2D eigenvalue weighted by molar-refractivity contribution is 7.90. The number of carboxylic acids is 1. The molecule has 0 radical (unpaired) electrons. The molecule has 0 aliphatic heterocycles. The highest BCUT2D eigenvalue weighted by Gasteiger charge is 2.23. The molecule has 0 fully saturated rings. The van der Waals surface area contributed by atoms with Crippen LogP contribution < -0.4 is 4.74 Å². The van der Waals surface area contributed by atoms with Gasteiger partial charge in [0.1, 0.15) is 5.75 Å². The molecule has 1 aromatic carbocycles. The van der Waals surface area contributed by atoms with Crippen molar-refractivity contribution in [3.63, 3.8) is 0 Å². The fourth-order valence-electron chi connectivity index (χ4n) is 1.40. The number of hydrogen-bond acceptors (Lipinski definition) is 4. The van der Waals surface area contributed by atoms with Crippen molar-refractivity contribution in [3.05, 3.63) is 24.3 Å². The first-order valence-electron chi connectivity index (χ1n) is 5.41. The minimum absolute atomic E-state index is 0.105. The minimum Gasteiger partial charge on any atom is -0.478 e. The van der Waals surface area contributed by atoms with Gasteiger partial charge in [-0.3, -0.25) is 0 Å². The lowest BCUT2D eigenvalue weighted by atomic mass is 10.1. The lowest BCUT2D eigenvalue weighted by Crippen LogP contribution is -2.32. The van der Waals surface area contributed by atoms with Crippen molar-refractivity contribution in [1.29, 1.82) is 0 Å². The fourth-order valence-corrected chi connectivity index (χ4v) is 2.05. The fraction of sp³-hybridized carbons (Fsp3) is 0.417. The summed E-state index contributed by atoms with van der Waals surface area (Å²) < 4.78 is 28.0. The van der Waals surface area contributed by atoms with Crippen molar-refractivity contribution >= 4 is 15.8 Å². The van der Waals surface area contributed by atoms with Crippen LogP contribution in [-0.4, -0.2) is 31.9 Å². The molecule has 0 aliphatic rings. The van der Waals surface area contributed by atoms with Gasteiger partial charge < -0.3 is 9.84 Å². The second kappa shape index (κ2) is 5.39. The van der Waals surface area contributed by atoms with Gasteiger partial charge in [0, 0.05) is 12.2 Å². The Labute approximate surface area is 106 Å². The van der Waals surface area contributed by atoms with Gasteiger partial charge in [-0.25, -0.2) is 13.2 Å². The van der Waals surface area contributed by atoms with Crippen LogP contribution in [0, 0.1) is 5.92 Å². The first kappa shape index (κ1) is 14.5. The van der Waals surface area contributed by atoms with Gasteiger partial charge in [-0.05, 0) is 18.2 Å². The molecule has 0 spiro atoms. The molecular weight excluding hydrogens is 256 g/mol. The van der Waals surface area contributed by atoms with E-state index >= 15 is 0 Å². The first-order valence-corrected chi connectivity index (χ1v) is 7.30. The van der Waals surface area contributed by atoms with Crippen molar-refractivity contribution in [2.24, 2.45) is 5.92 Å². The summed E-state index contributed by atoms with van der Waals surface area (Å²) >= 11 is 0. The molecule has 1 unspecified atom stereocenters. The Morgan fingerprint density at radius 2 is 1.94 bits per heavy atom. The average molecular weight is 272 g/mol. The van der Waals surface area contributed by atoms with Gasteiger partial charge in [0.25, 0.3) is 0 Å². The summed E-state index contributed by atoms with van der Waals surface area (Å²) in [5.74, 6) is -1.06. The van der Waals surface area contributed by atoms with Crippen LogP contribution in [0.1, 0.15) is 13.8 Å². The normalized spacial score (nSPS) is 13.3. The predicted octanol–water partition coefficient (Wildman–Crippen LogP) is 1.58. The molecule has 0 amide bonds. The van der Waals surface area contributed by atoms with Crippen LogP contribution in [-0.2, 0) is 14.6 Å². The molecule has 1 atom stereocenters. The van der Waals surface area contributed by atoms with E-state index in [0.29, 0.717) is 0 Å². The summed E-state index contributed by atoms with van der Waals surface area (Å²) in [5, 5.41) is 8.99. The molecule has 1 aromatic rings. The summed E-state index contributed by atoms with van der Waals surface area (Å²) in [6.45, 7) is 3.44. The molecule has 0 heterocycles. The molecule has 0 bridgehead atoms. The van der Waals surface area contributed by atoms with Gasteiger partial charge in [0.05, 0.1) is 4.90 Å². The number of ether oxygens (including phenoxy) is 1. The number of hydrogen-bond donors (Lipinski definition) is 1. The van der Waals surface area contributed by atoms with Crippen LogP contribution >= 0.6 is 0 Å². The van der Waals surface area contributed by atoms with Crippen LogP contribution in [0.4, 0.5) is 0 Å². The van der Waals surface area contributed by atoms with Crippen LogP contribution in [0.25, 0.3) is 0 Å². The van der Waals surface area contributed by atoms with E-state index < -0.39 is 21.9 Å². The lowest BCUT2D eigenvalue weighted by Gasteiger charge is -2.18. The largest absolute Gasteiger partial charge is 0.478 e. The van der Waals surface area contributed by atoms with E-state index in [-0.39, 0.29) is 16.6 Å². The topological polar surface area (TPSA) is 80.7 Å². The first-order chi connectivity index (χ1) is 8.21. The Morgan fingerprint density at radius 1 is 1.33 bits per heavy atom. The summed E-state index contributed by atoms with van der Waals surface area (Å²) in [5.41, 5.74) is 0. The maximum atomic E-state index is 11.4. The van der Waals surface area contributed by atoms with Crippen molar-refractivity contribution in [2.45, 2.75) is 24.8 Å². The number of rotatable bonds is 5. The molecular formula is C12H16O5S. The summed E-state index contributed by atoms with van der Waals surface area (Å²) in [6.07, 6.45) is 0.0864. The van der Waals surface area contributed by atoms with Gasteiger partial charge in [-0.15, -0.1) is 0 Å². The van der Waals surface area contributed by atoms with E-state index in [4.69, 9.17) is 9.84 Å². The Balaban J connectivity index is 3.01. The van der Waals surface area contributed by atoms with E-state index in [1.807, 2.05) is 0 Å². The summed E-state index contributed by atoms with van der Waals surface area (Å²) in [6, 6.07) is 5.82. The number of benzene rings is 1. The van der Waals surface area contributed by atoms with Gasteiger partial charge in [-0.2, -0.15) is 0 Å². The van der Waals surface area contributed by atoms with Gasteiger partial charge in [0.2, 0.25) is 0 Å². The van der Waals surface area contributed by atoms with Crippen LogP contribution in [0.3, 0.4) is 0 Å². The number of sulfone groups is 1. The van der Waals surface area contributed by atoms with E-state index in [2.05, 4.69) is 0 Å². The molecule has 1 rings (SSSR count). The predicted molar refractivity (Wildman–Crippen MR) is 66.4 cm³/mol. The van der Waals surface area contributed by atoms with Gasteiger partial charge >= 0.3 is 5.97 Å². The van der Waals surface area contributed by atoms with Crippen molar-refractivity contribution in [2.75, 3.05) is 6.26 Å². The Bertz CT molecular complexity index is 533. The quantitative estimate of drug-likeness (QED) is 0.880. The molecule has 0 saturated carbocycles. The standard InChI is InChI=1S/C12H16O5S/c1-8(2)11(12(13)14)17-9-5-4-6-10(7-9)18(3,15)16/h4-8,11H,1-3H3,(H,13,14). The molecule has 6 heteroatoms. The molecule has 5 nitrogen and oxygen atoms in total. The Kier molecular flexibility index (Phi) is 4.34. The lowest BCUT2D eigenvalue weighted by molar-refractivity contribution is -0.147. The second-order valence-corrected chi connectivity index (χ2v) is 6.38. The summed E-state index contributed by atoms with van der Waals surface area (Å²) in [7, 11) is -3.33. The zero-order chi connectivity index (χ0) is 13.9. The number of aliphatic carboxylic acids is 1. The van der Waals surface area contributed by atoms with Gasteiger partial charge in [0.15, 0.2) is 15.9 Å². The van der Waals surface area contributed by atoms with E-state index in [1.54, 1.807) is 13.8 Å². The van der Waals surface area contributed by atoms with Crippen LogP contribution in [0.5, 0.6) is 5.75 Å². The van der Waals surface area contributed by atoms with E-state index in [0.717, 1.165) is 6.26 Å². The summed E-state index contributed by atoms with van der Waals surface area (Å²) in [4.78, 5) is 11.1. The third kappa shape index (κ3) is 3.73. The average Bonchev–Trinajstić information content (AvgIpc) is 2.24. The van der Waals surface area contributed by atoms with Crippen molar-refractivity contribution < 1.29 is 23.1 Å². The van der Waals surface area contributed by atoms with E-state index in [9.17, 15) is 13.2 Å². The number of carbonyl (C=O) groups is 1. The molecule has 18 heavy (non-hydrogen) atoms. The smallest absolute Gasteiger partial charge is 0.345 e. The second-order valence-electron chi connectivity index (χ2n) is 4.37. The maximum Gasteiger partial charge on any atom is 0.345 e. The molecule has 0 aliphatic carbocycles. The van der Waals surface area contributed by atoms with Crippen molar-refractivity contribution in [1.82, 2.24) is 0 Å². The highest BCUT2D eigenvalue weighted by atomic mass is 32.2. The monoisotopic (exact) mass is 272 g/mol. The third-order valence-corrected chi connectivity index (χ3v) is 3.46. The highest BCUT2D eigenvalue weighted by Crippen LogP contribution is 2.20. The van der Waals surface area contributed by atoms with E-state index in [1.165, 1.54) is 24.3 Å².